The molecule has 0 aliphatic carbocycles. The fourth-order valence-electron chi connectivity index (χ4n) is 2.66. The standard InChI is InChI=1S/C22H33N7O3S/c1-25-11-18(12-26-16-33)20(23)14-29(24)10-4-2-3-5-21(31)27-13-22(32)28-19-8-6-17(15-30)7-9-19/h6-9,11-12,14,30,33H,1-5,10,13,15-16,23-24H2,(H,27,31)(H,28,32)/b18-11+,20-14-,26-12-. The van der Waals surface area contributed by atoms with E-state index in [9.17, 15) is 9.59 Å². The maximum Gasteiger partial charge on any atom is 0.243 e. The molecule has 0 aliphatic rings. The summed E-state index contributed by atoms with van der Waals surface area (Å²) in [7, 11) is 0. The van der Waals surface area contributed by atoms with E-state index < -0.39 is 0 Å². The number of thiol groups is 1. The number of hydrazine groups is 1. The Balaban J connectivity index is 2.25. The van der Waals surface area contributed by atoms with E-state index in [0.717, 1.165) is 18.4 Å². The molecule has 0 atom stereocenters. The summed E-state index contributed by atoms with van der Waals surface area (Å²) in [6.07, 6.45) is 7.16. The molecule has 1 aromatic carbocycles. The molecular weight excluding hydrogens is 442 g/mol. The van der Waals surface area contributed by atoms with Crippen molar-refractivity contribution in [2.45, 2.75) is 32.3 Å². The van der Waals surface area contributed by atoms with Crippen LogP contribution in [0.1, 0.15) is 31.2 Å². The van der Waals surface area contributed by atoms with Gasteiger partial charge in [0.25, 0.3) is 0 Å². The van der Waals surface area contributed by atoms with E-state index in [4.69, 9.17) is 16.7 Å². The summed E-state index contributed by atoms with van der Waals surface area (Å²) >= 11 is 4.01. The summed E-state index contributed by atoms with van der Waals surface area (Å²) in [4.78, 5) is 31.6. The molecule has 1 rings (SSSR count). The minimum Gasteiger partial charge on any atom is -0.397 e. The highest BCUT2D eigenvalue weighted by molar-refractivity contribution is 7.80. The van der Waals surface area contributed by atoms with Gasteiger partial charge in [-0.3, -0.25) is 19.6 Å². The van der Waals surface area contributed by atoms with Crippen LogP contribution in [0.3, 0.4) is 0 Å². The number of allylic oxidation sites excluding steroid dienone is 1. The van der Waals surface area contributed by atoms with Gasteiger partial charge in [0.2, 0.25) is 11.8 Å². The summed E-state index contributed by atoms with van der Waals surface area (Å²) in [5.74, 6) is 5.77. The zero-order chi connectivity index (χ0) is 24.5. The molecule has 0 aliphatic heterocycles. The third-order valence-electron chi connectivity index (χ3n) is 4.37. The van der Waals surface area contributed by atoms with E-state index in [-0.39, 0.29) is 25.0 Å². The summed E-state index contributed by atoms with van der Waals surface area (Å²) in [5.41, 5.74) is 8.34. The molecule has 0 bridgehead atoms. The molecule has 10 nitrogen and oxygen atoms in total. The smallest absolute Gasteiger partial charge is 0.243 e. The second kappa shape index (κ2) is 16.5. The first-order valence-corrected chi connectivity index (χ1v) is 11.0. The number of nitrogens with two attached hydrogens (primary N) is 2. The number of hydrogen-bond acceptors (Lipinski definition) is 9. The Hall–Kier alpha value is -3.15. The summed E-state index contributed by atoms with van der Waals surface area (Å²) in [6.45, 7) is 3.79. The Labute approximate surface area is 199 Å². The van der Waals surface area contributed by atoms with Crippen molar-refractivity contribution in [2.75, 3.05) is 24.3 Å². The van der Waals surface area contributed by atoms with Crippen molar-refractivity contribution in [3.63, 3.8) is 0 Å². The highest BCUT2D eigenvalue weighted by Crippen LogP contribution is 2.09. The number of unbranched alkanes of at least 4 members (excludes halogenated alkanes) is 2. The summed E-state index contributed by atoms with van der Waals surface area (Å²) in [6, 6.07) is 6.82. The number of benzene rings is 1. The zero-order valence-corrected chi connectivity index (χ0v) is 19.5. The fraction of sp³-hybridized carbons (Fsp3) is 0.364. The lowest BCUT2D eigenvalue weighted by molar-refractivity contribution is -0.124. The van der Waals surface area contributed by atoms with E-state index in [1.54, 1.807) is 36.7 Å². The average molecular weight is 476 g/mol. The van der Waals surface area contributed by atoms with E-state index in [1.807, 2.05) is 0 Å². The second-order valence-corrected chi connectivity index (χ2v) is 7.32. The quantitative estimate of drug-likeness (QED) is 0.0560. The number of aliphatic hydroxyl groups is 1. The Morgan fingerprint density at radius 1 is 1.18 bits per heavy atom. The highest BCUT2D eigenvalue weighted by atomic mass is 32.1. The molecule has 0 saturated carbocycles. The SMILES string of the molecule is C=N/C=C(\C=N/CS)C(/N)=C/N(N)CCCCCC(=O)NCC(=O)Nc1ccc(CO)cc1. The van der Waals surface area contributed by atoms with E-state index in [1.165, 1.54) is 11.2 Å². The number of anilines is 1. The molecular formula is C22H33N7O3S. The van der Waals surface area contributed by atoms with Crippen molar-refractivity contribution in [1.82, 2.24) is 10.3 Å². The van der Waals surface area contributed by atoms with Gasteiger partial charge in [0.1, 0.15) is 0 Å². The van der Waals surface area contributed by atoms with Gasteiger partial charge in [0, 0.05) is 42.8 Å². The first-order chi connectivity index (χ1) is 15.9. The van der Waals surface area contributed by atoms with E-state index in [0.29, 0.717) is 42.2 Å². The minimum atomic E-state index is -0.317. The van der Waals surface area contributed by atoms with Gasteiger partial charge in [-0.25, -0.2) is 5.84 Å². The number of nitrogens with zero attached hydrogens (tertiary/aromatic N) is 3. The van der Waals surface area contributed by atoms with Crippen LogP contribution in [0.2, 0.25) is 0 Å². The van der Waals surface area contributed by atoms with Crippen LogP contribution in [0.4, 0.5) is 5.69 Å². The first kappa shape index (κ1) is 27.9. The lowest BCUT2D eigenvalue weighted by atomic mass is 10.2. The third-order valence-corrected chi connectivity index (χ3v) is 4.53. The number of hydrogen-bond donors (Lipinski definition) is 6. The van der Waals surface area contributed by atoms with Crippen molar-refractivity contribution in [3.8, 4) is 0 Å². The Morgan fingerprint density at radius 3 is 2.55 bits per heavy atom. The molecule has 33 heavy (non-hydrogen) atoms. The third kappa shape index (κ3) is 12.5. The van der Waals surface area contributed by atoms with Crippen LogP contribution in [0, 0.1) is 0 Å². The topological polar surface area (TPSA) is 158 Å². The highest BCUT2D eigenvalue weighted by Gasteiger charge is 2.07. The van der Waals surface area contributed by atoms with Crippen LogP contribution in [0.25, 0.3) is 0 Å². The normalized spacial score (nSPS) is 12.0. The molecule has 0 unspecified atom stereocenters. The fourth-order valence-corrected chi connectivity index (χ4v) is 2.74. The van der Waals surface area contributed by atoms with Crippen molar-refractivity contribution in [1.29, 1.82) is 0 Å². The van der Waals surface area contributed by atoms with Crippen molar-refractivity contribution >= 4 is 43.1 Å². The van der Waals surface area contributed by atoms with E-state index in [2.05, 4.69) is 40.0 Å². The zero-order valence-electron chi connectivity index (χ0n) is 18.6. The van der Waals surface area contributed by atoms with Gasteiger partial charge in [-0.05, 0) is 37.3 Å². The Morgan fingerprint density at radius 2 is 1.91 bits per heavy atom. The average Bonchev–Trinajstić information content (AvgIpc) is 2.80. The second-order valence-electron chi connectivity index (χ2n) is 7.03. The molecule has 0 spiro atoms. The Bertz CT molecular complexity index is 854. The maximum atomic E-state index is 11.9. The predicted octanol–water partition coefficient (Wildman–Crippen LogP) is 1.31. The molecule has 0 saturated heterocycles. The van der Waals surface area contributed by atoms with Gasteiger partial charge >= 0.3 is 0 Å². The molecule has 180 valence electrons. The lowest BCUT2D eigenvalue weighted by Crippen LogP contribution is -2.32. The van der Waals surface area contributed by atoms with Crippen LogP contribution < -0.4 is 22.2 Å². The molecule has 11 heteroatoms. The predicted molar refractivity (Wildman–Crippen MR) is 136 cm³/mol. The van der Waals surface area contributed by atoms with Crippen LogP contribution in [-0.4, -0.2) is 53.8 Å². The van der Waals surface area contributed by atoms with Crippen LogP contribution >= 0.6 is 12.6 Å². The maximum absolute atomic E-state index is 11.9. The van der Waals surface area contributed by atoms with Crippen molar-refractivity contribution in [2.24, 2.45) is 21.6 Å². The number of carbonyl (C=O) groups is 2. The monoisotopic (exact) mass is 475 g/mol. The van der Waals surface area contributed by atoms with Gasteiger partial charge < -0.3 is 26.5 Å². The number of aliphatic hydroxyl groups excluding tert-OH is 1. The van der Waals surface area contributed by atoms with E-state index >= 15 is 0 Å². The summed E-state index contributed by atoms with van der Waals surface area (Å²) in [5, 5.41) is 15.8. The van der Waals surface area contributed by atoms with Gasteiger partial charge in [-0.15, -0.1) is 0 Å². The van der Waals surface area contributed by atoms with Gasteiger partial charge in [0.15, 0.2) is 0 Å². The number of amides is 2. The number of rotatable bonds is 15. The largest absolute Gasteiger partial charge is 0.397 e. The molecule has 0 radical (unpaired) electrons. The molecule has 0 heterocycles. The van der Waals surface area contributed by atoms with Crippen LogP contribution in [0.15, 0.2) is 57.9 Å². The van der Waals surface area contributed by atoms with Crippen molar-refractivity contribution < 1.29 is 14.7 Å². The van der Waals surface area contributed by atoms with Gasteiger partial charge in [-0.1, -0.05) is 18.6 Å². The van der Waals surface area contributed by atoms with Gasteiger partial charge in [0.05, 0.1) is 24.7 Å². The Kier molecular flexibility index (Phi) is 13.9. The summed E-state index contributed by atoms with van der Waals surface area (Å²) < 4.78 is 0. The first-order valence-electron chi connectivity index (χ1n) is 10.4. The molecule has 1 aromatic rings. The van der Waals surface area contributed by atoms with Crippen molar-refractivity contribution in [3.05, 3.63) is 53.5 Å². The molecule has 7 N–H and O–H groups in total. The van der Waals surface area contributed by atoms with Crippen LogP contribution in [0.5, 0.6) is 0 Å². The molecule has 0 fully saturated rings. The number of carbonyl (C=O) groups excluding carboxylic acids is 2. The van der Waals surface area contributed by atoms with Crippen LogP contribution in [-0.2, 0) is 16.2 Å². The number of aliphatic imine (C=N–C) groups is 2. The molecule has 2 amide bonds. The molecule has 0 aromatic heterocycles. The van der Waals surface area contributed by atoms with Gasteiger partial charge in [-0.2, -0.15) is 12.6 Å². The lowest BCUT2D eigenvalue weighted by Gasteiger charge is -2.15. The minimum absolute atomic E-state index is 0.0594. The number of nitrogens with one attached hydrogen (secondary N) is 2.